The number of hydrogen-bond acceptors (Lipinski definition) is 4. The van der Waals surface area contributed by atoms with Crippen LogP contribution in [-0.2, 0) is 9.53 Å². The molecule has 0 radical (unpaired) electrons. The lowest BCUT2D eigenvalue weighted by atomic mass is 10.1. The summed E-state index contributed by atoms with van der Waals surface area (Å²) in [6.45, 7) is 0.143. The van der Waals surface area contributed by atoms with Crippen LogP contribution in [0.5, 0.6) is 0 Å². The summed E-state index contributed by atoms with van der Waals surface area (Å²) in [5.74, 6) is -0.551. The Labute approximate surface area is 84.9 Å². The fourth-order valence-electron chi connectivity index (χ4n) is 1.15. The Hall–Kier alpha value is -0.610. The molecule has 0 unspecified atom stereocenters. The van der Waals surface area contributed by atoms with Crippen LogP contribution in [-0.4, -0.2) is 36.0 Å². The average molecular weight is 204 g/mol. The SMILES string of the molecule is O=C(CO)OCCCCCCCCO. The monoisotopic (exact) mass is 204 g/mol. The van der Waals surface area contributed by atoms with Gasteiger partial charge in [-0.05, 0) is 12.8 Å². The van der Waals surface area contributed by atoms with Crippen LogP contribution in [0.2, 0.25) is 0 Å². The van der Waals surface area contributed by atoms with Gasteiger partial charge < -0.3 is 14.9 Å². The first-order chi connectivity index (χ1) is 6.81. The maximum absolute atomic E-state index is 10.5. The normalized spacial score (nSPS) is 10.1. The van der Waals surface area contributed by atoms with Crippen LogP contribution in [0.15, 0.2) is 0 Å². The van der Waals surface area contributed by atoms with E-state index < -0.39 is 12.6 Å². The Morgan fingerprint density at radius 2 is 1.50 bits per heavy atom. The van der Waals surface area contributed by atoms with E-state index >= 15 is 0 Å². The molecule has 2 N–H and O–H groups in total. The summed E-state index contributed by atoms with van der Waals surface area (Å²) in [4.78, 5) is 10.5. The third-order valence-corrected chi connectivity index (χ3v) is 1.94. The average Bonchev–Trinajstić information content (AvgIpc) is 2.21. The Kier molecular flexibility index (Phi) is 10.0. The highest BCUT2D eigenvalue weighted by Gasteiger charge is 1.98. The van der Waals surface area contributed by atoms with Crippen molar-refractivity contribution in [3.8, 4) is 0 Å². The zero-order valence-corrected chi connectivity index (χ0v) is 8.57. The molecule has 4 nitrogen and oxygen atoms in total. The molecule has 0 aromatic carbocycles. The predicted octanol–water partition coefficient (Wildman–Crippen LogP) is 0.855. The molecule has 0 aromatic rings. The largest absolute Gasteiger partial charge is 0.464 e. The second-order valence-electron chi connectivity index (χ2n) is 3.22. The predicted molar refractivity (Wildman–Crippen MR) is 52.8 cm³/mol. The van der Waals surface area contributed by atoms with Crippen LogP contribution >= 0.6 is 0 Å². The molecular weight excluding hydrogens is 184 g/mol. The van der Waals surface area contributed by atoms with Gasteiger partial charge in [-0.3, -0.25) is 0 Å². The van der Waals surface area contributed by atoms with E-state index in [-0.39, 0.29) is 6.61 Å². The van der Waals surface area contributed by atoms with E-state index in [2.05, 4.69) is 4.74 Å². The molecule has 0 saturated carbocycles. The molecule has 0 aliphatic rings. The minimum Gasteiger partial charge on any atom is -0.464 e. The van der Waals surface area contributed by atoms with Gasteiger partial charge in [-0.25, -0.2) is 4.79 Å². The highest BCUT2D eigenvalue weighted by Crippen LogP contribution is 2.04. The van der Waals surface area contributed by atoms with E-state index in [0.717, 1.165) is 38.5 Å². The van der Waals surface area contributed by atoms with Crippen molar-refractivity contribution in [2.24, 2.45) is 0 Å². The number of esters is 1. The number of aliphatic hydroxyl groups excluding tert-OH is 2. The maximum atomic E-state index is 10.5. The lowest BCUT2D eigenvalue weighted by Gasteiger charge is -2.02. The van der Waals surface area contributed by atoms with Crippen molar-refractivity contribution in [1.29, 1.82) is 0 Å². The van der Waals surface area contributed by atoms with Crippen molar-refractivity contribution < 1.29 is 19.7 Å². The summed E-state index contributed by atoms with van der Waals surface area (Å²) in [5, 5.41) is 16.9. The molecule has 0 aliphatic carbocycles. The molecule has 0 saturated heterocycles. The number of carbonyl (C=O) groups is 1. The van der Waals surface area contributed by atoms with Crippen LogP contribution in [0.3, 0.4) is 0 Å². The molecule has 0 rings (SSSR count). The van der Waals surface area contributed by atoms with Gasteiger partial charge in [0.15, 0.2) is 0 Å². The fraction of sp³-hybridized carbons (Fsp3) is 0.900. The van der Waals surface area contributed by atoms with Gasteiger partial charge in [-0.1, -0.05) is 25.7 Å². The standard InChI is InChI=1S/C10H20O4/c11-7-5-3-1-2-4-6-8-14-10(13)9-12/h11-12H,1-9H2. The third-order valence-electron chi connectivity index (χ3n) is 1.94. The van der Waals surface area contributed by atoms with Gasteiger partial charge in [0, 0.05) is 6.61 Å². The molecule has 0 aliphatic heterocycles. The Bertz CT molecular complexity index is 136. The van der Waals surface area contributed by atoms with Crippen LogP contribution in [0, 0.1) is 0 Å². The molecule has 0 bridgehead atoms. The molecule has 0 fully saturated rings. The first-order valence-electron chi connectivity index (χ1n) is 5.18. The number of ether oxygens (including phenoxy) is 1. The third kappa shape index (κ3) is 9.48. The molecule has 84 valence electrons. The van der Waals surface area contributed by atoms with E-state index in [0.29, 0.717) is 6.61 Å². The van der Waals surface area contributed by atoms with Gasteiger partial charge in [0.25, 0.3) is 0 Å². The van der Waals surface area contributed by atoms with Crippen molar-refractivity contribution in [3.63, 3.8) is 0 Å². The fourth-order valence-corrected chi connectivity index (χ4v) is 1.15. The summed E-state index contributed by atoms with van der Waals surface area (Å²) in [5.41, 5.74) is 0. The van der Waals surface area contributed by atoms with E-state index in [4.69, 9.17) is 10.2 Å². The van der Waals surface area contributed by atoms with Crippen LogP contribution < -0.4 is 0 Å². The van der Waals surface area contributed by atoms with Crippen molar-refractivity contribution in [3.05, 3.63) is 0 Å². The Morgan fingerprint density at radius 1 is 0.929 bits per heavy atom. The van der Waals surface area contributed by atoms with E-state index in [1.807, 2.05) is 0 Å². The maximum Gasteiger partial charge on any atom is 0.331 e. The molecule has 14 heavy (non-hydrogen) atoms. The summed E-state index contributed by atoms with van der Waals surface area (Å²) in [6, 6.07) is 0. The topological polar surface area (TPSA) is 66.8 Å². The zero-order chi connectivity index (χ0) is 10.6. The van der Waals surface area contributed by atoms with Crippen LogP contribution in [0.1, 0.15) is 38.5 Å². The Balaban J connectivity index is 2.95. The number of carbonyl (C=O) groups excluding carboxylic acids is 1. The summed E-state index contributed by atoms with van der Waals surface area (Å²) in [7, 11) is 0. The molecule has 0 atom stereocenters. The first-order valence-corrected chi connectivity index (χ1v) is 5.18. The minimum atomic E-state index is -0.551. The molecule has 4 heteroatoms. The highest BCUT2D eigenvalue weighted by atomic mass is 16.5. The van der Waals surface area contributed by atoms with Gasteiger partial charge in [0.1, 0.15) is 6.61 Å². The van der Waals surface area contributed by atoms with Gasteiger partial charge in [-0.15, -0.1) is 0 Å². The van der Waals surface area contributed by atoms with Crippen molar-refractivity contribution >= 4 is 5.97 Å². The van der Waals surface area contributed by atoms with Gasteiger partial charge >= 0.3 is 5.97 Å². The number of hydrogen-bond donors (Lipinski definition) is 2. The van der Waals surface area contributed by atoms with Gasteiger partial charge in [-0.2, -0.15) is 0 Å². The van der Waals surface area contributed by atoms with Crippen molar-refractivity contribution in [2.75, 3.05) is 19.8 Å². The zero-order valence-electron chi connectivity index (χ0n) is 8.57. The number of rotatable bonds is 9. The van der Waals surface area contributed by atoms with Crippen LogP contribution in [0.25, 0.3) is 0 Å². The lowest BCUT2D eigenvalue weighted by molar-refractivity contribution is -0.147. The Morgan fingerprint density at radius 3 is 2.07 bits per heavy atom. The second kappa shape index (κ2) is 10.5. The molecule has 0 amide bonds. The molecule has 0 heterocycles. The second-order valence-corrected chi connectivity index (χ2v) is 3.22. The first kappa shape index (κ1) is 13.4. The minimum absolute atomic E-state index is 0.272. The smallest absolute Gasteiger partial charge is 0.331 e. The lowest BCUT2D eigenvalue weighted by Crippen LogP contribution is -2.09. The summed E-state index contributed by atoms with van der Waals surface area (Å²) in [6.07, 6.45) is 6.05. The van der Waals surface area contributed by atoms with E-state index in [1.54, 1.807) is 0 Å². The van der Waals surface area contributed by atoms with Crippen molar-refractivity contribution in [2.45, 2.75) is 38.5 Å². The van der Waals surface area contributed by atoms with E-state index in [1.165, 1.54) is 0 Å². The number of aliphatic hydroxyl groups is 2. The molecule has 0 aromatic heterocycles. The quantitative estimate of drug-likeness (QED) is 0.431. The summed E-state index contributed by atoms with van der Waals surface area (Å²) >= 11 is 0. The van der Waals surface area contributed by atoms with Gasteiger partial charge in [0.2, 0.25) is 0 Å². The summed E-state index contributed by atoms with van der Waals surface area (Å²) < 4.78 is 4.69. The molecular formula is C10H20O4. The van der Waals surface area contributed by atoms with Crippen molar-refractivity contribution in [1.82, 2.24) is 0 Å². The molecule has 0 spiro atoms. The van der Waals surface area contributed by atoms with Gasteiger partial charge in [0.05, 0.1) is 6.61 Å². The number of unbranched alkanes of at least 4 members (excludes halogenated alkanes) is 5. The van der Waals surface area contributed by atoms with E-state index in [9.17, 15) is 4.79 Å². The highest BCUT2D eigenvalue weighted by molar-refractivity contribution is 5.70. The van der Waals surface area contributed by atoms with Crippen LogP contribution in [0.4, 0.5) is 0 Å².